The number of aryl methyl sites for hydroxylation is 2. The summed E-state index contributed by atoms with van der Waals surface area (Å²) in [6.07, 6.45) is 17.8. The quantitative estimate of drug-likeness (QED) is 0.386. The lowest BCUT2D eigenvalue weighted by Crippen LogP contribution is -2.60. The predicted octanol–water partition coefficient (Wildman–Crippen LogP) is 6.85. The highest BCUT2D eigenvalue weighted by atomic mass is 15.3. The summed E-state index contributed by atoms with van der Waals surface area (Å²) in [5.74, 6) is 7.09. The molecule has 0 aliphatic heterocycles. The van der Waals surface area contributed by atoms with Gasteiger partial charge >= 0.3 is 0 Å². The molecule has 9 aliphatic rings. The molecule has 0 saturated heterocycles. The van der Waals surface area contributed by atoms with Crippen molar-refractivity contribution in [3.63, 3.8) is 0 Å². The minimum absolute atomic E-state index is 0.123. The highest BCUT2D eigenvalue weighted by Gasteiger charge is 2.53. The lowest BCUT2D eigenvalue weighted by molar-refractivity contribution is -0.00197. The highest BCUT2D eigenvalue weighted by Crippen LogP contribution is 2.58. The van der Waals surface area contributed by atoms with E-state index in [-0.39, 0.29) is 5.54 Å². The first-order valence-electron chi connectivity index (χ1n) is 15.3. The molecule has 36 heavy (non-hydrogen) atoms. The summed E-state index contributed by atoms with van der Waals surface area (Å²) in [6, 6.07) is 12.4. The molecule has 0 unspecified atom stereocenters. The van der Waals surface area contributed by atoms with E-state index in [1.165, 1.54) is 111 Å². The first-order valence-corrected chi connectivity index (χ1v) is 15.3. The molecule has 0 aromatic heterocycles. The maximum Gasteiger partial charge on any atom is 0.196 e. The average molecular weight is 480 g/mol. The summed E-state index contributed by atoms with van der Waals surface area (Å²) < 4.78 is 0. The van der Waals surface area contributed by atoms with Gasteiger partial charge in [-0.1, -0.05) is 24.3 Å². The monoisotopic (exact) mass is 479 g/mol. The number of rotatable bonds is 3. The molecule has 0 amide bonds. The summed E-state index contributed by atoms with van der Waals surface area (Å²) in [5.41, 5.74) is 11.9. The first-order chi connectivity index (χ1) is 17.6. The topological polar surface area (TPSA) is 41.6 Å². The van der Waals surface area contributed by atoms with Crippen LogP contribution < -0.4 is 10.6 Å². The Labute approximate surface area is 215 Å². The van der Waals surface area contributed by atoms with Gasteiger partial charge in [-0.05, 0) is 147 Å². The lowest BCUT2D eigenvalue weighted by Gasteiger charge is -2.58. The van der Waals surface area contributed by atoms with Crippen LogP contribution in [0, 0.1) is 41.4 Å². The second-order valence-corrected chi connectivity index (χ2v) is 14.5. The maximum atomic E-state index is 7.31. The Morgan fingerprint density at radius 2 is 1.31 bits per heavy atom. The second kappa shape index (κ2) is 7.29. The van der Waals surface area contributed by atoms with E-state index in [0.717, 1.165) is 47.4 Å². The fourth-order valence-corrected chi connectivity index (χ4v) is 11.7. The SMILES string of the molecule is NC(=NC12CC3CC(CC(C3)C1)C2)N(c1ccc2c3c(cccc13)CC2)C1C2CC3CC(C2)CC1C3. The number of aliphatic imine (C=N–C) groups is 1. The van der Waals surface area contributed by atoms with Crippen molar-refractivity contribution in [3.8, 4) is 0 Å². The minimum Gasteiger partial charge on any atom is -0.369 e. The number of nitrogens with zero attached hydrogens (tertiary/aromatic N) is 2. The van der Waals surface area contributed by atoms with Gasteiger partial charge in [-0.2, -0.15) is 0 Å². The van der Waals surface area contributed by atoms with Gasteiger partial charge in [0.2, 0.25) is 0 Å². The summed E-state index contributed by atoms with van der Waals surface area (Å²) in [6.45, 7) is 0. The summed E-state index contributed by atoms with van der Waals surface area (Å²) in [4.78, 5) is 8.31. The van der Waals surface area contributed by atoms with Crippen molar-refractivity contribution >= 4 is 22.4 Å². The zero-order chi connectivity index (χ0) is 23.6. The number of hydrogen-bond acceptors (Lipinski definition) is 1. The zero-order valence-corrected chi connectivity index (χ0v) is 21.7. The molecular formula is C33H41N3. The van der Waals surface area contributed by atoms with Crippen LogP contribution in [0.5, 0.6) is 0 Å². The summed E-state index contributed by atoms with van der Waals surface area (Å²) in [7, 11) is 0. The van der Waals surface area contributed by atoms with Crippen LogP contribution >= 0.6 is 0 Å². The highest BCUT2D eigenvalue weighted by molar-refractivity contribution is 6.07. The molecule has 2 aromatic carbocycles. The number of guanidine groups is 1. The van der Waals surface area contributed by atoms with E-state index in [4.69, 9.17) is 10.7 Å². The Morgan fingerprint density at radius 3 is 1.94 bits per heavy atom. The molecule has 11 rings (SSSR count). The van der Waals surface area contributed by atoms with Crippen molar-refractivity contribution in [2.24, 2.45) is 52.2 Å². The molecule has 8 bridgehead atoms. The van der Waals surface area contributed by atoms with Crippen LogP contribution in [0.2, 0.25) is 0 Å². The largest absolute Gasteiger partial charge is 0.369 e. The summed E-state index contributed by atoms with van der Waals surface area (Å²) >= 11 is 0. The van der Waals surface area contributed by atoms with Gasteiger partial charge in [-0.3, -0.25) is 0 Å². The van der Waals surface area contributed by atoms with Crippen LogP contribution in [-0.4, -0.2) is 17.5 Å². The second-order valence-electron chi connectivity index (χ2n) is 14.5. The van der Waals surface area contributed by atoms with Crippen molar-refractivity contribution < 1.29 is 0 Å². The smallest absolute Gasteiger partial charge is 0.196 e. The van der Waals surface area contributed by atoms with E-state index in [0.29, 0.717) is 6.04 Å². The van der Waals surface area contributed by atoms with Gasteiger partial charge in [0.15, 0.2) is 5.96 Å². The fourth-order valence-electron chi connectivity index (χ4n) is 11.7. The van der Waals surface area contributed by atoms with Gasteiger partial charge in [0, 0.05) is 11.4 Å². The number of anilines is 1. The number of hydrogen-bond donors (Lipinski definition) is 1. The van der Waals surface area contributed by atoms with Crippen molar-refractivity contribution in [2.75, 3.05) is 4.90 Å². The van der Waals surface area contributed by atoms with Crippen molar-refractivity contribution in [3.05, 3.63) is 41.5 Å². The Kier molecular flexibility index (Phi) is 4.25. The molecule has 0 heterocycles. The van der Waals surface area contributed by atoms with Crippen LogP contribution in [0.1, 0.15) is 81.8 Å². The van der Waals surface area contributed by atoms with Gasteiger partial charge in [-0.15, -0.1) is 0 Å². The van der Waals surface area contributed by atoms with Crippen LogP contribution in [-0.2, 0) is 12.8 Å². The van der Waals surface area contributed by atoms with Crippen molar-refractivity contribution in [1.29, 1.82) is 0 Å². The van der Waals surface area contributed by atoms with E-state index in [2.05, 4.69) is 35.2 Å². The third-order valence-corrected chi connectivity index (χ3v) is 12.2. The van der Waals surface area contributed by atoms with Crippen LogP contribution in [0.15, 0.2) is 35.3 Å². The molecular weight excluding hydrogens is 438 g/mol. The standard InChI is InChI=1S/C33H41N3/c34-32(35-33-16-21-9-22(17-33)11-23(10-21)18-33)36(31-26-12-19-8-20(14-26)15-27(31)13-19)29-7-6-25-5-4-24-2-1-3-28(29)30(24)25/h1-3,6-7,19-23,26-27,31H,4-5,8-18H2,(H2,34,35). The van der Waals surface area contributed by atoms with Gasteiger partial charge in [0.05, 0.1) is 11.2 Å². The fraction of sp³-hybridized carbons (Fsp3) is 0.667. The molecule has 8 fully saturated rings. The molecule has 3 nitrogen and oxygen atoms in total. The van der Waals surface area contributed by atoms with Crippen molar-refractivity contribution in [2.45, 2.75) is 95.1 Å². The maximum absolute atomic E-state index is 7.31. The Bertz CT molecular complexity index is 1200. The molecule has 0 radical (unpaired) electrons. The molecule has 9 aliphatic carbocycles. The third-order valence-electron chi connectivity index (χ3n) is 12.2. The van der Waals surface area contributed by atoms with Crippen LogP contribution in [0.4, 0.5) is 5.69 Å². The molecule has 2 aromatic rings. The molecule has 8 saturated carbocycles. The Morgan fingerprint density at radius 1 is 0.722 bits per heavy atom. The average Bonchev–Trinajstić information content (AvgIpc) is 3.25. The normalized spacial score (nSPS) is 43.6. The molecule has 0 atom stereocenters. The predicted molar refractivity (Wildman–Crippen MR) is 147 cm³/mol. The Balaban J connectivity index is 1.20. The third kappa shape index (κ3) is 2.95. The van der Waals surface area contributed by atoms with E-state index >= 15 is 0 Å². The summed E-state index contributed by atoms with van der Waals surface area (Å²) in [5, 5.41) is 2.95. The van der Waals surface area contributed by atoms with E-state index in [1.807, 2.05) is 0 Å². The van der Waals surface area contributed by atoms with Gasteiger partial charge < -0.3 is 10.6 Å². The Hall–Kier alpha value is -2.03. The van der Waals surface area contributed by atoms with Crippen molar-refractivity contribution in [1.82, 2.24) is 0 Å². The van der Waals surface area contributed by atoms with Crippen LogP contribution in [0.3, 0.4) is 0 Å². The van der Waals surface area contributed by atoms with E-state index in [9.17, 15) is 0 Å². The molecule has 3 heteroatoms. The van der Waals surface area contributed by atoms with E-state index < -0.39 is 0 Å². The van der Waals surface area contributed by atoms with E-state index in [1.54, 1.807) is 0 Å². The first kappa shape index (κ1) is 21.0. The molecule has 2 N–H and O–H groups in total. The number of benzene rings is 2. The molecule has 188 valence electrons. The zero-order valence-electron chi connectivity index (χ0n) is 21.7. The van der Waals surface area contributed by atoms with Gasteiger partial charge in [0.1, 0.15) is 0 Å². The minimum atomic E-state index is 0.123. The lowest BCUT2D eigenvalue weighted by atomic mass is 9.53. The van der Waals surface area contributed by atoms with Gasteiger partial charge in [0.25, 0.3) is 0 Å². The van der Waals surface area contributed by atoms with Crippen LogP contribution in [0.25, 0.3) is 10.8 Å². The number of nitrogens with two attached hydrogens (primary N) is 1. The molecule has 0 spiro atoms. The van der Waals surface area contributed by atoms with Gasteiger partial charge in [-0.25, -0.2) is 4.99 Å².